The molecule has 162 valence electrons. The Morgan fingerprint density at radius 1 is 1.30 bits per heavy atom. The molecule has 0 radical (unpaired) electrons. The molecule has 1 amide bonds. The largest absolute Gasteiger partial charge is 0.456 e. The van der Waals surface area contributed by atoms with Crippen LogP contribution in [0.1, 0.15) is 32.1 Å². The molecule has 2 aromatic rings. The summed E-state index contributed by atoms with van der Waals surface area (Å²) in [4.78, 5) is 14.7. The van der Waals surface area contributed by atoms with Crippen LogP contribution >= 0.6 is 0 Å². The minimum atomic E-state index is -0.493. The lowest BCUT2D eigenvalue weighted by atomic mass is 10.1. The van der Waals surface area contributed by atoms with Gasteiger partial charge in [-0.2, -0.15) is 0 Å². The molecule has 2 heterocycles. The van der Waals surface area contributed by atoms with Crippen molar-refractivity contribution in [3.8, 4) is 11.3 Å². The number of hydrogen-bond acceptors (Lipinski definition) is 5. The van der Waals surface area contributed by atoms with Gasteiger partial charge in [0.2, 0.25) is 5.91 Å². The third-order valence-corrected chi connectivity index (χ3v) is 4.43. The van der Waals surface area contributed by atoms with Crippen molar-refractivity contribution in [3.63, 3.8) is 0 Å². The van der Waals surface area contributed by atoms with Gasteiger partial charge < -0.3 is 13.9 Å². The van der Waals surface area contributed by atoms with E-state index in [2.05, 4.69) is 11.4 Å². The number of allylic oxidation sites excluding steroid dienone is 1. The summed E-state index contributed by atoms with van der Waals surface area (Å²) in [5, 5.41) is 2.03. The van der Waals surface area contributed by atoms with Crippen molar-refractivity contribution in [2.45, 2.75) is 26.6 Å². The van der Waals surface area contributed by atoms with Crippen LogP contribution in [0.25, 0.3) is 23.5 Å². The topological polar surface area (TPSA) is 61.1 Å². The molecule has 1 saturated heterocycles. The van der Waals surface area contributed by atoms with Crippen molar-refractivity contribution in [1.29, 1.82) is 0 Å². The summed E-state index contributed by atoms with van der Waals surface area (Å²) in [5.41, 5.74) is 1.79. The van der Waals surface area contributed by atoms with Crippen LogP contribution in [0, 0.1) is 5.82 Å². The van der Waals surface area contributed by atoms with Gasteiger partial charge in [-0.25, -0.2) is 9.45 Å². The lowest BCUT2D eigenvalue weighted by molar-refractivity contribution is -0.183. The number of nitrogens with zero attached hydrogens (tertiary/aromatic N) is 1. The zero-order valence-electron chi connectivity index (χ0n) is 17.8. The number of benzene rings is 1. The fourth-order valence-electron chi connectivity index (χ4n) is 2.72. The number of furan rings is 1. The summed E-state index contributed by atoms with van der Waals surface area (Å²) in [7, 11) is 3.00. The van der Waals surface area contributed by atoms with Crippen molar-refractivity contribution in [3.05, 3.63) is 58.9 Å². The Morgan fingerprint density at radius 2 is 2.00 bits per heavy atom. The Balaban J connectivity index is 0.000000396. The first-order chi connectivity index (χ1) is 14.4. The minimum absolute atomic E-state index is 0.0949. The molecule has 1 aromatic carbocycles. The van der Waals surface area contributed by atoms with E-state index in [4.69, 9.17) is 13.9 Å². The molecule has 1 aliphatic heterocycles. The summed E-state index contributed by atoms with van der Waals surface area (Å²) in [6, 6.07) is 6.76. The summed E-state index contributed by atoms with van der Waals surface area (Å²) in [5.74, 6) is 0.0325. The van der Waals surface area contributed by atoms with Gasteiger partial charge in [-0.05, 0) is 37.6 Å². The number of ether oxygens (including phenoxy) is 2. The van der Waals surface area contributed by atoms with Crippen molar-refractivity contribution >= 4 is 18.1 Å². The van der Waals surface area contributed by atoms with Crippen LogP contribution in [0.2, 0.25) is 0 Å². The first-order valence-corrected chi connectivity index (χ1v) is 9.61. The van der Waals surface area contributed by atoms with Crippen LogP contribution in [0.3, 0.4) is 0 Å². The summed E-state index contributed by atoms with van der Waals surface area (Å²) >= 11 is 0. The van der Waals surface area contributed by atoms with E-state index in [1.54, 1.807) is 19.2 Å². The normalized spacial score (nSPS) is 15.5. The highest BCUT2D eigenvalue weighted by molar-refractivity contribution is 5.71. The average molecular weight is 417 g/mol. The molecule has 0 spiro atoms. The van der Waals surface area contributed by atoms with Gasteiger partial charge in [-0.1, -0.05) is 24.8 Å². The second-order valence-electron chi connectivity index (χ2n) is 6.49. The molecule has 0 aliphatic carbocycles. The van der Waals surface area contributed by atoms with Gasteiger partial charge in [0.25, 0.3) is 0 Å². The highest BCUT2D eigenvalue weighted by Gasteiger charge is 2.19. The van der Waals surface area contributed by atoms with E-state index in [0.717, 1.165) is 16.7 Å². The molecular formula is C23H28FNO5. The van der Waals surface area contributed by atoms with E-state index in [9.17, 15) is 9.18 Å². The lowest BCUT2D eigenvalue weighted by Crippen LogP contribution is -2.21. The summed E-state index contributed by atoms with van der Waals surface area (Å²) in [6.45, 7) is 8.25. The third kappa shape index (κ3) is 6.13. The van der Waals surface area contributed by atoms with Crippen LogP contribution in [0.4, 0.5) is 4.39 Å². The van der Waals surface area contributed by atoms with Crippen molar-refractivity contribution < 1.29 is 27.9 Å². The monoisotopic (exact) mass is 417 g/mol. The Labute approximate surface area is 175 Å². The number of hydrogen-bond donors (Lipinski definition) is 0. The van der Waals surface area contributed by atoms with E-state index in [1.807, 2.05) is 31.2 Å². The molecular weight excluding hydrogens is 389 g/mol. The summed E-state index contributed by atoms with van der Waals surface area (Å²) in [6.07, 6.45) is 5.72. The average Bonchev–Trinajstić information content (AvgIpc) is 3.17. The SMILES string of the molecule is C=C/C=c1/cc(-c2ccc(C3OCCCO3)cc2F)o/c1=C/C.CON(C)C(C)=O. The van der Waals surface area contributed by atoms with Crippen LogP contribution in [-0.4, -0.2) is 38.3 Å². The number of carbonyl (C=O) groups is 1. The number of hydroxylamine groups is 2. The molecule has 0 bridgehead atoms. The second-order valence-corrected chi connectivity index (χ2v) is 6.49. The Hall–Kier alpha value is -2.74. The predicted molar refractivity (Wildman–Crippen MR) is 113 cm³/mol. The Kier molecular flexibility index (Phi) is 8.98. The van der Waals surface area contributed by atoms with E-state index in [-0.39, 0.29) is 11.7 Å². The van der Waals surface area contributed by atoms with Gasteiger partial charge >= 0.3 is 0 Å². The Bertz CT molecular complexity index is 976. The van der Waals surface area contributed by atoms with Crippen LogP contribution in [-0.2, 0) is 19.1 Å². The van der Waals surface area contributed by atoms with E-state index >= 15 is 0 Å². The number of carbonyl (C=O) groups excluding carboxylic acids is 1. The number of halogens is 1. The van der Waals surface area contributed by atoms with Crippen LogP contribution < -0.4 is 10.6 Å². The van der Waals surface area contributed by atoms with Gasteiger partial charge in [0.05, 0.1) is 25.9 Å². The minimum Gasteiger partial charge on any atom is -0.456 e. The molecule has 1 fully saturated rings. The molecule has 3 rings (SSSR count). The second kappa shape index (κ2) is 11.4. The molecule has 0 N–H and O–H groups in total. The van der Waals surface area contributed by atoms with Gasteiger partial charge in [0.15, 0.2) is 6.29 Å². The predicted octanol–water partition coefficient (Wildman–Crippen LogP) is 3.31. The van der Waals surface area contributed by atoms with E-state index < -0.39 is 6.29 Å². The molecule has 0 saturated carbocycles. The van der Waals surface area contributed by atoms with Crippen molar-refractivity contribution in [2.24, 2.45) is 0 Å². The standard InChI is InChI=1S/C19H19FO3.C4H9NO2/c1-3-6-13-12-18(23-17(13)4-2)15-8-7-14(11-16(15)20)19-21-9-5-10-22-19;1-4(6)5(2)7-3/h3-4,6-8,11-12,19H,1,5,9-10H2,2H3;1-3H3/b13-6-,17-4+;. The zero-order valence-corrected chi connectivity index (χ0v) is 17.8. The van der Waals surface area contributed by atoms with E-state index in [1.165, 1.54) is 20.1 Å². The van der Waals surface area contributed by atoms with Crippen LogP contribution in [0.15, 0.2) is 41.3 Å². The third-order valence-electron chi connectivity index (χ3n) is 4.43. The zero-order chi connectivity index (χ0) is 22.1. The first-order valence-electron chi connectivity index (χ1n) is 9.61. The molecule has 1 aromatic heterocycles. The van der Waals surface area contributed by atoms with Gasteiger partial charge in [-0.15, -0.1) is 0 Å². The van der Waals surface area contributed by atoms with Gasteiger partial charge in [0, 0.05) is 24.8 Å². The van der Waals surface area contributed by atoms with E-state index in [0.29, 0.717) is 35.5 Å². The maximum atomic E-state index is 14.5. The fourth-order valence-corrected chi connectivity index (χ4v) is 2.72. The molecule has 1 aliphatic rings. The number of rotatable bonds is 4. The molecule has 0 unspecified atom stereocenters. The van der Waals surface area contributed by atoms with Crippen LogP contribution in [0.5, 0.6) is 0 Å². The smallest absolute Gasteiger partial charge is 0.242 e. The Morgan fingerprint density at radius 3 is 2.50 bits per heavy atom. The lowest BCUT2D eigenvalue weighted by Gasteiger charge is -2.23. The quantitative estimate of drug-likeness (QED) is 0.715. The maximum absolute atomic E-state index is 14.5. The van der Waals surface area contributed by atoms with Crippen molar-refractivity contribution in [2.75, 3.05) is 27.4 Å². The van der Waals surface area contributed by atoms with Gasteiger partial charge in [0.1, 0.15) is 17.0 Å². The molecule has 6 nitrogen and oxygen atoms in total. The molecule has 30 heavy (non-hydrogen) atoms. The first kappa shape index (κ1) is 23.5. The molecule has 7 heteroatoms. The number of amides is 1. The highest BCUT2D eigenvalue weighted by Crippen LogP contribution is 2.28. The maximum Gasteiger partial charge on any atom is 0.242 e. The highest BCUT2D eigenvalue weighted by atomic mass is 19.1. The fraction of sp³-hybridized carbons (Fsp3) is 0.348. The van der Waals surface area contributed by atoms with Gasteiger partial charge in [-0.3, -0.25) is 9.63 Å². The van der Waals surface area contributed by atoms with Crippen molar-refractivity contribution in [1.82, 2.24) is 5.06 Å². The molecule has 0 atom stereocenters. The summed E-state index contributed by atoms with van der Waals surface area (Å²) < 4.78 is 31.2.